The zero-order valence-electron chi connectivity index (χ0n) is 17.4. The average molecular weight is 461 g/mol. The Bertz CT molecular complexity index is 1300. The molecule has 0 spiro atoms. The number of hydrogen-bond acceptors (Lipinski definition) is 4. The van der Waals surface area contributed by atoms with Gasteiger partial charge in [0, 0.05) is 6.54 Å². The summed E-state index contributed by atoms with van der Waals surface area (Å²) in [5.74, 6) is 0.598. The summed E-state index contributed by atoms with van der Waals surface area (Å²) in [4.78, 5) is 11.6. The van der Waals surface area contributed by atoms with Crippen molar-refractivity contribution in [3.8, 4) is 5.69 Å². The molecule has 1 N–H and O–H groups in total. The number of H-pyrrole nitrogens is 1. The summed E-state index contributed by atoms with van der Waals surface area (Å²) in [6.07, 6.45) is 0.393. The van der Waals surface area contributed by atoms with Crippen LogP contribution in [0.15, 0.2) is 42.7 Å². The average Bonchev–Trinajstić information content (AvgIpc) is 3.46. The van der Waals surface area contributed by atoms with Gasteiger partial charge in [-0.1, -0.05) is 17.7 Å². The third kappa shape index (κ3) is 3.31. The zero-order chi connectivity index (χ0) is 22.7. The molecule has 5 rings (SSSR count). The van der Waals surface area contributed by atoms with E-state index >= 15 is 0 Å². The molecule has 0 amide bonds. The van der Waals surface area contributed by atoms with Crippen molar-refractivity contribution in [2.75, 3.05) is 11.4 Å². The van der Waals surface area contributed by atoms with E-state index in [4.69, 9.17) is 11.6 Å². The maximum Gasteiger partial charge on any atom is 0.417 e. The molecule has 0 bridgehead atoms. The third-order valence-electron chi connectivity index (χ3n) is 6.08. The molecule has 6 nitrogen and oxygen atoms in total. The first-order valence-corrected chi connectivity index (χ1v) is 10.6. The quantitative estimate of drug-likeness (QED) is 0.430. The van der Waals surface area contributed by atoms with Crippen molar-refractivity contribution in [3.63, 3.8) is 0 Å². The van der Waals surface area contributed by atoms with Gasteiger partial charge in [-0.05, 0) is 56.5 Å². The fourth-order valence-electron chi connectivity index (χ4n) is 4.46. The van der Waals surface area contributed by atoms with Gasteiger partial charge in [-0.25, -0.2) is 4.98 Å². The van der Waals surface area contributed by atoms with E-state index in [0.717, 1.165) is 42.4 Å². The second kappa shape index (κ2) is 7.23. The molecule has 0 saturated carbocycles. The molecular formula is C22H20ClF3N6. The van der Waals surface area contributed by atoms with Gasteiger partial charge < -0.3 is 9.88 Å². The predicted molar refractivity (Wildman–Crippen MR) is 116 cm³/mol. The maximum atomic E-state index is 13.3. The number of aromatic nitrogens is 5. The Labute approximate surface area is 187 Å². The van der Waals surface area contributed by atoms with E-state index in [1.54, 1.807) is 17.2 Å². The van der Waals surface area contributed by atoms with Gasteiger partial charge in [0.2, 0.25) is 0 Å². The van der Waals surface area contributed by atoms with Crippen LogP contribution < -0.4 is 4.90 Å². The number of benzene rings is 2. The number of rotatable bonds is 3. The van der Waals surface area contributed by atoms with Gasteiger partial charge in [0.15, 0.2) is 0 Å². The monoisotopic (exact) mass is 460 g/mol. The van der Waals surface area contributed by atoms with E-state index in [1.807, 2.05) is 26.0 Å². The summed E-state index contributed by atoms with van der Waals surface area (Å²) in [6, 6.07) is 8.34. The molecule has 32 heavy (non-hydrogen) atoms. The lowest BCUT2D eigenvalue weighted by atomic mass is 9.97. The van der Waals surface area contributed by atoms with E-state index in [2.05, 4.69) is 31.1 Å². The van der Waals surface area contributed by atoms with Crippen molar-refractivity contribution in [1.82, 2.24) is 25.0 Å². The molecule has 0 radical (unpaired) electrons. The largest absolute Gasteiger partial charge is 0.417 e. The molecule has 1 atom stereocenters. The molecule has 1 fully saturated rings. The summed E-state index contributed by atoms with van der Waals surface area (Å²) in [5.41, 5.74) is 2.13. The van der Waals surface area contributed by atoms with E-state index in [-0.39, 0.29) is 5.02 Å². The number of aromatic amines is 1. The highest BCUT2D eigenvalue weighted by atomic mass is 35.5. The van der Waals surface area contributed by atoms with Crippen LogP contribution in [-0.2, 0) is 11.7 Å². The molecule has 1 saturated heterocycles. The molecule has 0 unspecified atom stereocenters. The molecule has 1 aliphatic rings. The van der Waals surface area contributed by atoms with E-state index in [0.29, 0.717) is 16.9 Å². The second-order valence-corrected chi connectivity index (χ2v) is 8.68. The highest BCUT2D eigenvalue weighted by molar-refractivity contribution is 6.32. The van der Waals surface area contributed by atoms with Crippen LogP contribution in [0.5, 0.6) is 0 Å². The van der Waals surface area contributed by atoms with Crippen molar-refractivity contribution in [3.05, 3.63) is 64.7 Å². The molecule has 4 aromatic rings. The molecular weight excluding hydrogens is 441 g/mol. The number of fused-ring (bicyclic) bond motifs is 1. The lowest BCUT2D eigenvalue weighted by Crippen LogP contribution is -2.40. The van der Waals surface area contributed by atoms with Crippen molar-refractivity contribution >= 4 is 28.3 Å². The van der Waals surface area contributed by atoms with Crippen molar-refractivity contribution in [2.45, 2.75) is 38.4 Å². The minimum absolute atomic E-state index is 0.308. The fourth-order valence-corrected chi connectivity index (χ4v) is 4.72. The van der Waals surface area contributed by atoms with E-state index < -0.39 is 17.3 Å². The number of imidazole rings is 1. The lowest BCUT2D eigenvalue weighted by Gasteiger charge is -2.36. The lowest BCUT2D eigenvalue weighted by molar-refractivity contribution is -0.137. The zero-order valence-corrected chi connectivity index (χ0v) is 18.2. The molecule has 0 aliphatic carbocycles. The second-order valence-electron chi connectivity index (χ2n) is 8.27. The molecule has 10 heteroatoms. The Morgan fingerprint density at radius 3 is 2.56 bits per heavy atom. The maximum absolute atomic E-state index is 13.3. The van der Waals surface area contributed by atoms with E-state index in [1.165, 1.54) is 6.07 Å². The standard InChI is InChI=1S/C22H20ClF3N6/c1-13-4-5-18(32-27-7-8-28-32)19(10-13)31-9-3-6-21(31,2)20-29-16-11-14(22(24,25)26)15(23)12-17(16)30-20/h4-5,7-8,10-12H,3,6,9H2,1-2H3,(H,29,30)/t21-/m0/s1. The molecule has 3 heterocycles. The topological polar surface area (TPSA) is 62.6 Å². The van der Waals surface area contributed by atoms with Crippen LogP contribution in [0, 0.1) is 6.92 Å². The highest BCUT2D eigenvalue weighted by Crippen LogP contribution is 2.44. The van der Waals surface area contributed by atoms with Crippen LogP contribution in [0.2, 0.25) is 5.02 Å². The molecule has 2 aromatic carbocycles. The Morgan fingerprint density at radius 1 is 1.09 bits per heavy atom. The SMILES string of the molecule is Cc1ccc(-n2nccn2)c(N2CCC[C@@]2(C)c2nc3cc(Cl)c(C(F)(F)F)cc3[nH]2)c1. The first kappa shape index (κ1) is 20.8. The number of hydrogen-bond donors (Lipinski definition) is 1. The summed E-state index contributed by atoms with van der Waals surface area (Å²) >= 11 is 5.91. The summed E-state index contributed by atoms with van der Waals surface area (Å²) in [7, 11) is 0. The van der Waals surface area contributed by atoms with Crippen LogP contribution in [0.25, 0.3) is 16.7 Å². The summed E-state index contributed by atoms with van der Waals surface area (Å²) in [5, 5.41) is 8.20. The number of alkyl halides is 3. The van der Waals surface area contributed by atoms with Crippen LogP contribution in [-0.4, -0.2) is 31.5 Å². The summed E-state index contributed by atoms with van der Waals surface area (Å²) < 4.78 is 40.0. The third-order valence-corrected chi connectivity index (χ3v) is 6.40. The number of nitrogens with one attached hydrogen (secondary N) is 1. The number of nitrogens with zero attached hydrogens (tertiary/aromatic N) is 5. The molecule has 166 valence electrons. The minimum atomic E-state index is -4.53. The van der Waals surface area contributed by atoms with Gasteiger partial charge in [-0.15, -0.1) is 4.80 Å². The minimum Gasteiger partial charge on any atom is -0.357 e. The predicted octanol–water partition coefficient (Wildman–Crippen LogP) is 5.64. The van der Waals surface area contributed by atoms with Crippen molar-refractivity contribution < 1.29 is 13.2 Å². The molecule has 2 aromatic heterocycles. The molecule has 1 aliphatic heterocycles. The first-order valence-electron chi connectivity index (χ1n) is 10.2. The Hall–Kier alpha value is -3.07. The van der Waals surface area contributed by atoms with Gasteiger partial charge in [0.25, 0.3) is 0 Å². The fraction of sp³-hybridized carbons (Fsp3) is 0.318. The van der Waals surface area contributed by atoms with E-state index in [9.17, 15) is 13.2 Å². The Balaban J connectivity index is 1.63. The van der Waals surface area contributed by atoms with Crippen LogP contribution in [0.1, 0.15) is 36.7 Å². The van der Waals surface area contributed by atoms with Gasteiger partial charge in [-0.3, -0.25) is 0 Å². The van der Waals surface area contributed by atoms with Crippen LogP contribution in [0.4, 0.5) is 18.9 Å². The summed E-state index contributed by atoms with van der Waals surface area (Å²) in [6.45, 7) is 4.82. The number of aryl methyl sites for hydroxylation is 1. The Kier molecular flexibility index (Phi) is 4.70. The van der Waals surface area contributed by atoms with Crippen LogP contribution in [0.3, 0.4) is 0 Å². The first-order chi connectivity index (χ1) is 15.2. The van der Waals surface area contributed by atoms with Gasteiger partial charge in [0.05, 0.1) is 45.2 Å². The van der Waals surface area contributed by atoms with Crippen molar-refractivity contribution in [1.29, 1.82) is 0 Å². The smallest absolute Gasteiger partial charge is 0.357 e. The number of halogens is 4. The van der Waals surface area contributed by atoms with Crippen molar-refractivity contribution in [2.24, 2.45) is 0 Å². The van der Waals surface area contributed by atoms with Gasteiger partial charge in [-0.2, -0.15) is 23.4 Å². The van der Waals surface area contributed by atoms with Gasteiger partial charge >= 0.3 is 6.18 Å². The van der Waals surface area contributed by atoms with Gasteiger partial charge in [0.1, 0.15) is 11.5 Å². The Morgan fingerprint density at radius 2 is 1.84 bits per heavy atom. The number of anilines is 1. The van der Waals surface area contributed by atoms with Crippen LogP contribution >= 0.6 is 11.6 Å². The highest BCUT2D eigenvalue weighted by Gasteiger charge is 2.42. The normalized spacial score (nSPS) is 19.2.